The predicted octanol–water partition coefficient (Wildman–Crippen LogP) is 2.99. The zero-order valence-electron chi connectivity index (χ0n) is 12.1. The molecular weight excluding hydrogens is 222 g/mol. The van der Waals surface area contributed by atoms with Gasteiger partial charge >= 0.3 is 0 Å². The summed E-state index contributed by atoms with van der Waals surface area (Å²) >= 11 is 0. The monoisotopic (exact) mass is 249 g/mol. The first-order valence-electron chi connectivity index (χ1n) is 6.95. The van der Waals surface area contributed by atoms with Crippen molar-refractivity contribution in [2.75, 3.05) is 6.54 Å². The lowest BCUT2D eigenvalue weighted by Crippen LogP contribution is -2.30. The Morgan fingerprint density at radius 2 is 1.56 bits per heavy atom. The van der Waals surface area contributed by atoms with Gasteiger partial charge in [0.1, 0.15) is 0 Å². The van der Waals surface area contributed by atoms with Gasteiger partial charge in [0.15, 0.2) is 0 Å². The lowest BCUT2D eigenvalue weighted by atomic mass is 10.0. The summed E-state index contributed by atoms with van der Waals surface area (Å²) in [5, 5.41) is 13.0. The van der Waals surface area contributed by atoms with Crippen molar-refractivity contribution in [1.82, 2.24) is 5.32 Å². The number of hydrogen-bond donors (Lipinski definition) is 2. The van der Waals surface area contributed by atoms with Crippen LogP contribution in [0, 0.1) is 11.8 Å². The third-order valence-corrected chi connectivity index (χ3v) is 3.12. The van der Waals surface area contributed by atoms with Gasteiger partial charge in [0.05, 0.1) is 6.10 Å². The second-order valence-electron chi connectivity index (χ2n) is 5.86. The Labute approximate surface area is 111 Å². The maximum absolute atomic E-state index is 9.69. The van der Waals surface area contributed by atoms with E-state index in [0.717, 1.165) is 13.0 Å². The Kier molecular flexibility index (Phi) is 6.37. The van der Waals surface area contributed by atoms with E-state index < -0.39 is 0 Å². The van der Waals surface area contributed by atoms with Crippen LogP contribution in [0.15, 0.2) is 24.3 Å². The molecule has 0 aliphatic heterocycles. The molecule has 2 N–H and O–H groups in total. The van der Waals surface area contributed by atoms with E-state index in [0.29, 0.717) is 18.4 Å². The fourth-order valence-electron chi connectivity index (χ4n) is 1.86. The van der Waals surface area contributed by atoms with Crippen LogP contribution < -0.4 is 5.32 Å². The highest BCUT2D eigenvalue weighted by Gasteiger charge is 2.07. The van der Waals surface area contributed by atoms with Crippen LogP contribution >= 0.6 is 0 Å². The summed E-state index contributed by atoms with van der Waals surface area (Å²) in [6.07, 6.45) is 0.880. The molecule has 0 heterocycles. The maximum atomic E-state index is 9.69. The molecular formula is C16H27NO. The second kappa shape index (κ2) is 7.55. The number of rotatable bonds is 7. The Morgan fingerprint density at radius 1 is 1.00 bits per heavy atom. The fraction of sp³-hybridized carbons (Fsp3) is 0.625. The van der Waals surface area contributed by atoms with Crippen molar-refractivity contribution in [3.63, 3.8) is 0 Å². The summed E-state index contributed by atoms with van der Waals surface area (Å²) in [4.78, 5) is 0. The van der Waals surface area contributed by atoms with Crippen LogP contribution in [0.2, 0.25) is 0 Å². The topological polar surface area (TPSA) is 32.3 Å². The van der Waals surface area contributed by atoms with Crippen molar-refractivity contribution >= 4 is 0 Å². The molecule has 0 radical (unpaired) electrons. The molecule has 1 atom stereocenters. The first-order chi connectivity index (χ1) is 8.49. The van der Waals surface area contributed by atoms with Gasteiger partial charge in [-0.05, 0) is 29.4 Å². The quantitative estimate of drug-likeness (QED) is 0.778. The van der Waals surface area contributed by atoms with E-state index in [1.165, 1.54) is 11.1 Å². The molecule has 0 aliphatic rings. The highest BCUT2D eigenvalue weighted by molar-refractivity contribution is 5.22. The minimum absolute atomic E-state index is 0.259. The maximum Gasteiger partial charge on any atom is 0.0687 e. The molecule has 0 fully saturated rings. The zero-order valence-corrected chi connectivity index (χ0v) is 12.1. The molecule has 102 valence electrons. The molecule has 0 amide bonds. The van der Waals surface area contributed by atoms with Crippen LogP contribution in [0.4, 0.5) is 0 Å². The highest BCUT2D eigenvalue weighted by atomic mass is 16.3. The summed E-state index contributed by atoms with van der Waals surface area (Å²) in [6, 6.07) is 8.75. The molecule has 0 saturated carbocycles. The van der Waals surface area contributed by atoms with Crippen molar-refractivity contribution in [2.45, 2.75) is 46.8 Å². The van der Waals surface area contributed by atoms with Gasteiger partial charge < -0.3 is 10.4 Å². The summed E-state index contributed by atoms with van der Waals surface area (Å²) in [5.41, 5.74) is 2.68. The molecule has 0 aliphatic carbocycles. The number of benzene rings is 1. The van der Waals surface area contributed by atoms with E-state index in [2.05, 4.69) is 43.4 Å². The Morgan fingerprint density at radius 3 is 2.06 bits per heavy atom. The van der Waals surface area contributed by atoms with Crippen molar-refractivity contribution < 1.29 is 5.11 Å². The Hall–Kier alpha value is -0.860. The predicted molar refractivity (Wildman–Crippen MR) is 77.5 cm³/mol. The summed E-state index contributed by atoms with van der Waals surface area (Å²) in [6.45, 7) is 10.0. The molecule has 1 aromatic carbocycles. The minimum atomic E-state index is -0.259. The lowest BCUT2D eigenvalue weighted by molar-refractivity contribution is 0.123. The van der Waals surface area contributed by atoms with Crippen molar-refractivity contribution in [2.24, 2.45) is 11.8 Å². The summed E-state index contributed by atoms with van der Waals surface area (Å²) in [7, 11) is 0. The van der Waals surface area contributed by atoms with Crippen LogP contribution in [-0.2, 0) is 13.0 Å². The largest absolute Gasteiger partial charge is 0.392 e. The normalized spacial score (nSPS) is 13.3. The number of hydrogen-bond acceptors (Lipinski definition) is 2. The van der Waals surface area contributed by atoms with E-state index in [1.807, 2.05) is 13.8 Å². The molecule has 2 heteroatoms. The lowest BCUT2D eigenvalue weighted by Gasteiger charge is -2.15. The van der Waals surface area contributed by atoms with Gasteiger partial charge in [-0.25, -0.2) is 0 Å². The second-order valence-corrected chi connectivity index (χ2v) is 5.86. The molecule has 18 heavy (non-hydrogen) atoms. The van der Waals surface area contributed by atoms with Crippen LogP contribution in [0.25, 0.3) is 0 Å². The van der Waals surface area contributed by atoms with E-state index in [4.69, 9.17) is 0 Å². The third kappa shape index (κ3) is 5.65. The molecule has 0 bridgehead atoms. The van der Waals surface area contributed by atoms with E-state index in [9.17, 15) is 5.11 Å². The van der Waals surface area contributed by atoms with Crippen molar-refractivity contribution in [3.8, 4) is 0 Å². The standard InChI is InChI=1S/C16H27NO/c1-12(2)9-14-5-7-15(8-6-14)10-17-11-16(18)13(3)4/h5-8,12-13,16-18H,9-11H2,1-4H3. The zero-order chi connectivity index (χ0) is 13.5. The summed E-state index contributed by atoms with van der Waals surface area (Å²) in [5.74, 6) is 1.01. The number of nitrogens with one attached hydrogen (secondary N) is 1. The van der Waals surface area contributed by atoms with Crippen molar-refractivity contribution in [3.05, 3.63) is 35.4 Å². The van der Waals surface area contributed by atoms with Gasteiger partial charge in [0.25, 0.3) is 0 Å². The van der Waals surface area contributed by atoms with Crippen LogP contribution in [0.1, 0.15) is 38.8 Å². The molecule has 2 nitrogen and oxygen atoms in total. The first-order valence-corrected chi connectivity index (χ1v) is 6.95. The van der Waals surface area contributed by atoms with Gasteiger partial charge in [0, 0.05) is 13.1 Å². The number of aliphatic hydroxyl groups is 1. The van der Waals surface area contributed by atoms with Crippen molar-refractivity contribution in [1.29, 1.82) is 0 Å². The molecule has 1 rings (SSSR count). The first kappa shape index (κ1) is 15.2. The van der Waals surface area contributed by atoms with Gasteiger partial charge in [0.2, 0.25) is 0 Å². The third-order valence-electron chi connectivity index (χ3n) is 3.12. The summed E-state index contributed by atoms with van der Waals surface area (Å²) < 4.78 is 0. The Balaban J connectivity index is 2.35. The fourth-order valence-corrected chi connectivity index (χ4v) is 1.86. The van der Waals surface area contributed by atoms with Crippen LogP contribution in [0.3, 0.4) is 0 Å². The van der Waals surface area contributed by atoms with E-state index in [-0.39, 0.29) is 6.10 Å². The van der Waals surface area contributed by atoms with Gasteiger partial charge in [-0.1, -0.05) is 52.0 Å². The van der Waals surface area contributed by atoms with E-state index >= 15 is 0 Å². The van der Waals surface area contributed by atoms with Gasteiger partial charge in [-0.2, -0.15) is 0 Å². The average Bonchev–Trinajstić information content (AvgIpc) is 2.30. The Bertz CT molecular complexity index is 329. The van der Waals surface area contributed by atoms with Crippen LogP contribution in [-0.4, -0.2) is 17.8 Å². The SMILES string of the molecule is CC(C)Cc1ccc(CNCC(O)C(C)C)cc1. The highest BCUT2D eigenvalue weighted by Crippen LogP contribution is 2.09. The van der Waals surface area contributed by atoms with E-state index in [1.54, 1.807) is 0 Å². The van der Waals surface area contributed by atoms with Gasteiger partial charge in [-0.3, -0.25) is 0 Å². The molecule has 1 unspecified atom stereocenters. The number of aliphatic hydroxyl groups excluding tert-OH is 1. The minimum Gasteiger partial charge on any atom is -0.392 e. The van der Waals surface area contributed by atoms with Gasteiger partial charge in [-0.15, -0.1) is 0 Å². The average molecular weight is 249 g/mol. The van der Waals surface area contributed by atoms with Crippen LogP contribution in [0.5, 0.6) is 0 Å². The smallest absolute Gasteiger partial charge is 0.0687 e. The molecule has 0 aromatic heterocycles. The molecule has 0 spiro atoms. The molecule has 1 aromatic rings. The molecule has 0 saturated heterocycles.